The summed E-state index contributed by atoms with van der Waals surface area (Å²) in [4.78, 5) is 13.2. The number of anilines is 2. The smallest absolute Gasteiger partial charge is 0.340 e. The molecule has 1 aromatic carbocycles. The van der Waals surface area contributed by atoms with Gasteiger partial charge in [-0.3, -0.25) is 0 Å². The van der Waals surface area contributed by atoms with Crippen molar-refractivity contribution in [3.63, 3.8) is 0 Å². The second-order valence-corrected chi connectivity index (χ2v) is 5.02. The molecule has 1 aliphatic carbocycles. The molecule has 0 heterocycles. The minimum Gasteiger partial charge on any atom is -0.478 e. The molecule has 1 fully saturated rings. The number of carbonyl (C=O) groups is 1. The first kappa shape index (κ1) is 14.6. The van der Waals surface area contributed by atoms with E-state index in [2.05, 4.69) is 0 Å². The molecule has 1 aliphatic rings. The van der Waals surface area contributed by atoms with Gasteiger partial charge >= 0.3 is 5.97 Å². The third kappa shape index (κ3) is 2.70. The summed E-state index contributed by atoms with van der Waals surface area (Å²) in [6.07, 6.45) is 4.03. The molecule has 6 heteroatoms. The number of aliphatic hydroxyl groups is 1. The minimum absolute atomic E-state index is 0.0904. The van der Waals surface area contributed by atoms with Gasteiger partial charge in [0.15, 0.2) is 0 Å². The minimum atomic E-state index is -1.25. The number of hydrogen-bond donors (Lipinski definition) is 3. The molecular formula is C14H19FN2O3. The highest BCUT2D eigenvalue weighted by atomic mass is 19.1. The van der Waals surface area contributed by atoms with Gasteiger partial charge in [-0.1, -0.05) is 12.8 Å². The highest BCUT2D eigenvalue weighted by Crippen LogP contribution is 2.33. The Morgan fingerprint density at radius 2 is 2.05 bits per heavy atom. The van der Waals surface area contributed by atoms with Crippen LogP contribution in [0.1, 0.15) is 36.0 Å². The van der Waals surface area contributed by atoms with Crippen LogP contribution in [0.4, 0.5) is 15.8 Å². The molecule has 0 aromatic heterocycles. The fourth-order valence-corrected chi connectivity index (χ4v) is 2.87. The fraction of sp³-hybridized carbons (Fsp3) is 0.500. The van der Waals surface area contributed by atoms with Crippen LogP contribution in [0.25, 0.3) is 0 Å². The molecule has 0 spiro atoms. The van der Waals surface area contributed by atoms with Gasteiger partial charge in [-0.25, -0.2) is 9.18 Å². The number of rotatable bonds is 5. The Kier molecular flexibility index (Phi) is 4.44. The van der Waals surface area contributed by atoms with Crippen LogP contribution in [0.15, 0.2) is 12.1 Å². The highest BCUT2D eigenvalue weighted by Gasteiger charge is 2.27. The van der Waals surface area contributed by atoms with Gasteiger partial charge in [-0.15, -0.1) is 0 Å². The number of carboxylic acid groups (broad SMARTS) is 1. The normalized spacial score (nSPS) is 15.5. The van der Waals surface area contributed by atoms with Crippen LogP contribution in [-0.2, 0) is 0 Å². The van der Waals surface area contributed by atoms with Crippen LogP contribution in [0, 0.1) is 5.82 Å². The fourth-order valence-electron chi connectivity index (χ4n) is 2.87. The maximum absolute atomic E-state index is 13.5. The van der Waals surface area contributed by atoms with Crippen LogP contribution in [0.2, 0.25) is 0 Å². The predicted molar refractivity (Wildman–Crippen MR) is 74.5 cm³/mol. The zero-order valence-corrected chi connectivity index (χ0v) is 11.2. The zero-order chi connectivity index (χ0) is 14.7. The number of nitrogen functional groups attached to an aromatic ring is 1. The monoisotopic (exact) mass is 282 g/mol. The molecule has 2 rings (SSSR count). The lowest BCUT2D eigenvalue weighted by atomic mass is 10.1. The van der Waals surface area contributed by atoms with Crippen molar-refractivity contribution in [1.82, 2.24) is 0 Å². The van der Waals surface area contributed by atoms with Crippen LogP contribution in [0.3, 0.4) is 0 Å². The van der Waals surface area contributed by atoms with E-state index in [1.807, 2.05) is 4.90 Å². The van der Waals surface area contributed by atoms with Crippen LogP contribution in [-0.4, -0.2) is 35.4 Å². The molecule has 110 valence electrons. The predicted octanol–water partition coefficient (Wildman–Crippen LogP) is 1.85. The first-order chi connectivity index (χ1) is 9.56. The molecule has 20 heavy (non-hydrogen) atoms. The lowest BCUT2D eigenvalue weighted by Gasteiger charge is -2.32. The summed E-state index contributed by atoms with van der Waals surface area (Å²) in [5, 5.41) is 18.5. The summed E-state index contributed by atoms with van der Waals surface area (Å²) in [5.41, 5.74) is 5.39. The van der Waals surface area contributed by atoms with E-state index in [-0.39, 0.29) is 23.9 Å². The summed E-state index contributed by atoms with van der Waals surface area (Å²) < 4.78 is 13.5. The van der Waals surface area contributed by atoms with E-state index in [1.165, 1.54) is 12.1 Å². The number of halogens is 1. The number of aliphatic hydroxyl groups excluding tert-OH is 1. The first-order valence-electron chi connectivity index (χ1n) is 6.75. The topological polar surface area (TPSA) is 86.8 Å². The van der Waals surface area contributed by atoms with Crippen LogP contribution in [0.5, 0.6) is 0 Å². The van der Waals surface area contributed by atoms with E-state index in [9.17, 15) is 19.4 Å². The standard InChI is InChI=1S/C14H19FN2O3/c15-10-5-6-11(12(13(10)16)14(19)20)17(7-8-18)9-3-1-2-4-9/h5-6,9,18H,1-4,7-8,16H2,(H,19,20). The second kappa shape index (κ2) is 6.09. The highest BCUT2D eigenvalue weighted by molar-refractivity contribution is 6.00. The first-order valence-corrected chi connectivity index (χ1v) is 6.75. The molecule has 0 unspecified atom stereocenters. The molecule has 4 N–H and O–H groups in total. The lowest BCUT2D eigenvalue weighted by Crippen LogP contribution is -2.37. The van der Waals surface area contributed by atoms with Gasteiger partial charge in [-0.05, 0) is 25.0 Å². The zero-order valence-electron chi connectivity index (χ0n) is 11.2. The largest absolute Gasteiger partial charge is 0.478 e. The number of nitrogens with two attached hydrogens (primary N) is 1. The van der Waals surface area contributed by atoms with Gasteiger partial charge in [0.25, 0.3) is 0 Å². The maximum atomic E-state index is 13.5. The van der Waals surface area contributed by atoms with E-state index in [0.717, 1.165) is 25.7 Å². The van der Waals surface area contributed by atoms with E-state index in [0.29, 0.717) is 12.2 Å². The Hall–Kier alpha value is -1.82. The van der Waals surface area contributed by atoms with Gasteiger partial charge in [-0.2, -0.15) is 0 Å². The molecule has 5 nitrogen and oxygen atoms in total. The third-order valence-electron chi connectivity index (χ3n) is 3.80. The number of aromatic carboxylic acids is 1. The van der Waals surface area contributed by atoms with E-state index >= 15 is 0 Å². The van der Waals surface area contributed by atoms with Crippen molar-refractivity contribution in [2.45, 2.75) is 31.7 Å². The number of carboxylic acids is 1. The summed E-state index contributed by atoms with van der Waals surface area (Å²) in [6.45, 7) is 0.225. The second-order valence-electron chi connectivity index (χ2n) is 5.02. The number of hydrogen-bond acceptors (Lipinski definition) is 4. The SMILES string of the molecule is Nc1c(F)ccc(N(CCO)C2CCCC2)c1C(=O)O. The molecule has 0 atom stereocenters. The quantitative estimate of drug-likeness (QED) is 0.717. The molecular weight excluding hydrogens is 263 g/mol. The summed E-state index contributed by atoms with van der Waals surface area (Å²) in [7, 11) is 0. The van der Waals surface area contributed by atoms with Gasteiger partial charge in [0.2, 0.25) is 0 Å². The molecule has 1 saturated carbocycles. The van der Waals surface area contributed by atoms with Gasteiger partial charge < -0.3 is 20.8 Å². The molecule has 1 aromatic rings. The van der Waals surface area contributed by atoms with Gasteiger partial charge in [0, 0.05) is 12.6 Å². The molecule has 0 amide bonds. The van der Waals surface area contributed by atoms with Crippen LogP contribution < -0.4 is 10.6 Å². The van der Waals surface area contributed by atoms with Crippen molar-refractivity contribution in [2.75, 3.05) is 23.8 Å². The van der Waals surface area contributed by atoms with E-state index < -0.39 is 11.8 Å². The molecule has 0 aliphatic heterocycles. The molecule has 0 radical (unpaired) electrons. The average molecular weight is 282 g/mol. The summed E-state index contributed by atoms with van der Waals surface area (Å²) >= 11 is 0. The lowest BCUT2D eigenvalue weighted by molar-refractivity contribution is 0.0698. The molecule has 0 saturated heterocycles. The van der Waals surface area contributed by atoms with Gasteiger partial charge in [0.1, 0.15) is 11.4 Å². The van der Waals surface area contributed by atoms with Crippen molar-refractivity contribution in [3.05, 3.63) is 23.5 Å². The molecule has 0 bridgehead atoms. The Morgan fingerprint density at radius 3 is 2.60 bits per heavy atom. The summed E-state index contributed by atoms with van der Waals surface area (Å²) in [5.74, 6) is -1.99. The Bertz CT molecular complexity index is 501. The number of benzene rings is 1. The van der Waals surface area contributed by atoms with Crippen LogP contribution >= 0.6 is 0 Å². The van der Waals surface area contributed by atoms with Crippen molar-refractivity contribution in [2.24, 2.45) is 0 Å². The van der Waals surface area contributed by atoms with Crippen molar-refractivity contribution >= 4 is 17.3 Å². The Balaban J connectivity index is 2.46. The Labute approximate surface area is 116 Å². The third-order valence-corrected chi connectivity index (χ3v) is 3.80. The Morgan fingerprint density at radius 1 is 1.40 bits per heavy atom. The van der Waals surface area contributed by atoms with E-state index in [4.69, 9.17) is 5.73 Å². The van der Waals surface area contributed by atoms with Gasteiger partial charge in [0.05, 0.1) is 18.0 Å². The van der Waals surface area contributed by atoms with Crippen molar-refractivity contribution < 1.29 is 19.4 Å². The van der Waals surface area contributed by atoms with E-state index in [1.54, 1.807) is 0 Å². The number of nitrogens with zero attached hydrogens (tertiary/aromatic N) is 1. The van der Waals surface area contributed by atoms with Crippen molar-refractivity contribution in [3.8, 4) is 0 Å². The summed E-state index contributed by atoms with van der Waals surface area (Å²) in [6, 6.07) is 2.78. The average Bonchev–Trinajstić information content (AvgIpc) is 2.92. The van der Waals surface area contributed by atoms with Crippen molar-refractivity contribution in [1.29, 1.82) is 0 Å². The maximum Gasteiger partial charge on any atom is 0.340 e.